The zero-order valence-electron chi connectivity index (χ0n) is 9.08. The second kappa shape index (κ2) is 4.60. The minimum absolute atomic E-state index is 0.105. The van der Waals surface area contributed by atoms with Crippen molar-refractivity contribution in [2.75, 3.05) is 6.54 Å². The first-order valence-electron chi connectivity index (χ1n) is 4.89. The van der Waals surface area contributed by atoms with E-state index in [-0.39, 0.29) is 5.41 Å². The van der Waals surface area contributed by atoms with E-state index in [1.165, 1.54) is 4.88 Å². The molecule has 0 aliphatic rings. The molecule has 1 aromatic heterocycles. The van der Waals surface area contributed by atoms with Crippen LogP contribution in [0.25, 0.3) is 0 Å². The Labute approximate surface area is 89.9 Å². The average Bonchev–Trinajstić information content (AvgIpc) is 2.67. The summed E-state index contributed by atoms with van der Waals surface area (Å²) >= 11 is 1.78. The Hall–Kier alpha value is -0.830. The maximum Gasteiger partial charge on any atom is 0.0934 e. The number of nitrogens with two attached hydrogens (primary N) is 1. The van der Waals surface area contributed by atoms with Gasteiger partial charge < -0.3 is 5.73 Å². The maximum atomic E-state index is 5.69. The van der Waals surface area contributed by atoms with E-state index in [0.29, 0.717) is 0 Å². The van der Waals surface area contributed by atoms with Crippen LogP contribution < -0.4 is 5.73 Å². The molecule has 2 N–H and O–H groups in total. The van der Waals surface area contributed by atoms with Gasteiger partial charge in [0.15, 0.2) is 0 Å². The van der Waals surface area contributed by atoms with Crippen molar-refractivity contribution in [2.45, 2.75) is 32.6 Å². The summed E-state index contributed by atoms with van der Waals surface area (Å²) in [5.41, 5.74) is 5.79. The molecule has 0 fully saturated rings. The van der Waals surface area contributed by atoms with Crippen LogP contribution in [-0.4, -0.2) is 12.4 Å². The molecule has 0 amide bonds. The number of hydrogen-bond acceptors (Lipinski definition) is 2. The van der Waals surface area contributed by atoms with Crippen molar-refractivity contribution in [3.05, 3.63) is 22.4 Å². The van der Waals surface area contributed by atoms with E-state index in [9.17, 15) is 0 Å². The first-order valence-corrected chi connectivity index (χ1v) is 5.77. The van der Waals surface area contributed by atoms with E-state index in [0.717, 1.165) is 18.8 Å². The normalized spacial score (nSPS) is 13.2. The highest BCUT2D eigenvalue weighted by atomic mass is 32.1. The molecule has 0 aliphatic carbocycles. The molecule has 0 aromatic carbocycles. The third kappa shape index (κ3) is 2.84. The van der Waals surface area contributed by atoms with Crippen LogP contribution in [-0.2, 0) is 5.41 Å². The van der Waals surface area contributed by atoms with Gasteiger partial charge in [-0.05, 0) is 11.4 Å². The zero-order valence-corrected chi connectivity index (χ0v) is 9.90. The number of nitrogens with zero attached hydrogens (tertiary/aromatic N) is 1. The predicted octanol–water partition coefficient (Wildman–Crippen LogP) is 2.79. The van der Waals surface area contributed by atoms with Crippen molar-refractivity contribution in [2.24, 2.45) is 10.7 Å². The Balaban J connectivity index is 2.68. The fourth-order valence-electron chi connectivity index (χ4n) is 1.15. The first kappa shape index (κ1) is 11.2. The summed E-state index contributed by atoms with van der Waals surface area (Å²) in [4.78, 5) is 5.74. The molecule has 0 atom stereocenters. The molecule has 1 aromatic rings. The summed E-state index contributed by atoms with van der Waals surface area (Å²) in [5.74, 6) is 0.745. The summed E-state index contributed by atoms with van der Waals surface area (Å²) in [6.45, 7) is 7.20. The highest BCUT2D eigenvalue weighted by molar-refractivity contribution is 7.10. The van der Waals surface area contributed by atoms with Gasteiger partial charge >= 0.3 is 0 Å². The van der Waals surface area contributed by atoms with Crippen molar-refractivity contribution in [1.82, 2.24) is 0 Å². The van der Waals surface area contributed by atoms with Gasteiger partial charge in [-0.2, -0.15) is 0 Å². The zero-order chi connectivity index (χ0) is 10.6. The molecule has 0 bridgehead atoms. The van der Waals surface area contributed by atoms with Crippen LogP contribution in [0.2, 0.25) is 0 Å². The van der Waals surface area contributed by atoms with Crippen molar-refractivity contribution in [3.63, 3.8) is 0 Å². The second-order valence-electron chi connectivity index (χ2n) is 4.02. The van der Waals surface area contributed by atoms with Crippen molar-refractivity contribution in [3.8, 4) is 0 Å². The number of thiophene rings is 1. The molecule has 0 saturated heterocycles. The van der Waals surface area contributed by atoms with Crippen molar-refractivity contribution >= 4 is 17.2 Å². The average molecular weight is 210 g/mol. The molecular weight excluding hydrogens is 192 g/mol. The largest absolute Gasteiger partial charge is 0.387 e. The predicted molar refractivity (Wildman–Crippen MR) is 64.1 cm³/mol. The fourth-order valence-corrected chi connectivity index (χ4v) is 2.00. The van der Waals surface area contributed by atoms with Gasteiger partial charge in [0.25, 0.3) is 0 Å². The monoisotopic (exact) mass is 210 g/mol. The van der Waals surface area contributed by atoms with Gasteiger partial charge in [0, 0.05) is 16.7 Å². The summed E-state index contributed by atoms with van der Waals surface area (Å²) < 4.78 is 0. The van der Waals surface area contributed by atoms with E-state index in [2.05, 4.69) is 36.4 Å². The van der Waals surface area contributed by atoms with Gasteiger partial charge in [-0.15, -0.1) is 11.3 Å². The highest BCUT2D eigenvalue weighted by Crippen LogP contribution is 2.27. The van der Waals surface area contributed by atoms with E-state index in [4.69, 9.17) is 5.73 Å². The molecule has 1 rings (SSSR count). The molecule has 3 heteroatoms. The van der Waals surface area contributed by atoms with E-state index < -0.39 is 0 Å². The van der Waals surface area contributed by atoms with Crippen LogP contribution >= 0.6 is 11.3 Å². The third-order valence-electron chi connectivity index (χ3n) is 2.23. The van der Waals surface area contributed by atoms with Crippen LogP contribution in [0.1, 0.15) is 32.1 Å². The lowest BCUT2D eigenvalue weighted by Crippen LogP contribution is -2.22. The highest BCUT2D eigenvalue weighted by Gasteiger charge is 2.20. The van der Waals surface area contributed by atoms with E-state index in [1.807, 2.05) is 6.92 Å². The van der Waals surface area contributed by atoms with Gasteiger partial charge in [0.1, 0.15) is 0 Å². The summed E-state index contributed by atoms with van der Waals surface area (Å²) in [5, 5.41) is 2.10. The van der Waals surface area contributed by atoms with Gasteiger partial charge in [-0.3, -0.25) is 4.99 Å². The molecule has 78 valence electrons. The smallest absolute Gasteiger partial charge is 0.0934 e. The molecular formula is C11H18N2S. The third-order valence-corrected chi connectivity index (χ3v) is 3.46. The van der Waals surface area contributed by atoms with Gasteiger partial charge in [-0.25, -0.2) is 0 Å². The molecule has 1 heterocycles. The van der Waals surface area contributed by atoms with Crippen molar-refractivity contribution in [1.29, 1.82) is 0 Å². The minimum Gasteiger partial charge on any atom is -0.387 e. The fraction of sp³-hybridized carbons (Fsp3) is 0.545. The summed E-state index contributed by atoms with van der Waals surface area (Å²) in [7, 11) is 0. The van der Waals surface area contributed by atoms with Gasteiger partial charge in [0.2, 0.25) is 0 Å². The van der Waals surface area contributed by atoms with Crippen LogP contribution in [0.3, 0.4) is 0 Å². The van der Waals surface area contributed by atoms with Gasteiger partial charge in [-0.1, -0.05) is 26.8 Å². The van der Waals surface area contributed by atoms with E-state index in [1.54, 1.807) is 11.3 Å². The molecule has 14 heavy (non-hydrogen) atoms. The Morgan fingerprint density at radius 1 is 1.57 bits per heavy atom. The molecule has 0 spiro atoms. The standard InChI is InChI=1S/C11H18N2S/c1-4-10(12)13-8-11(2,3)9-6-5-7-14-9/h5-7H,4,8H2,1-3H3,(H2,12,13). The van der Waals surface area contributed by atoms with Crippen LogP contribution in [0.15, 0.2) is 22.5 Å². The number of hydrogen-bond donors (Lipinski definition) is 1. The Bertz CT molecular complexity index is 299. The topological polar surface area (TPSA) is 38.4 Å². The Morgan fingerprint density at radius 2 is 2.29 bits per heavy atom. The summed E-state index contributed by atoms with van der Waals surface area (Å²) in [6.07, 6.45) is 0.834. The number of aliphatic imine (C=N–C) groups is 1. The Morgan fingerprint density at radius 3 is 2.79 bits per heavy atom. The lowest BCUT2D eigenvalue weighted by Gasteiger charge is -2.20. The number of amidine groups is 1. The van der Waals surface area contributed by atoms with Crippen LogP contribution in [0.4, 0.5) is 0 Å². The summed E-state index contributed by atoms with van der Waals surface area (Å²) in [6, 6.07) is 4.23. The van der Waals surface area contributed by atoms with Crippen molar-refractivity contribution < 1.29 is 0 Å². The van der Waals surface area contributed by atoms with Crippen LogP contribution in [0.5, 0.6) is 0 Å². The molecule has 0 unspecified atom stereocenters. The minimum atomic E-state index is 0.105. The first-order chi connectivity index (χ1) is 6.56. The molecule has 0 radical (unpaired) electrons. The second-order valence-corrected chi connectivity index (χ2v) is 4.97. The lowest BCUT2D eigenvalue weighted by molar-refractivity contribution is 0.551. The number of rotatable bonds is 4. The lowest BCUT2D eigenvalue weighted by atomic mass is 9.92. The van der Waals surface area contributed by atoms with Gasteiger partial charge in [0.05, 0.1) is 12.4 Å². The maximum absolute atomic E-state index is 5.69. The van der Waals surface area contributed by atoms with Crippen LogP contribution in [0, 0.1) is 0 Å². The Kier molecular flexibility index (Phi) is 3.69. The molecule has 0 saturated carbocycles. The quantitative estimate of drug-likeness (QED) is 0.602. The molecule has 0 aliphatic heterocycles. The van der Waals surface area contributed by atoms with E-state index >= 15 is 0 Å². The SMILES string of the molecule is CCC(N)=NCC(C)(C)c1cccs1. The molecule has 2 nitrogen and oxygen atoms in total.